The Kier molecular flexibility index (Phi) is 9.11. The highest BCUT2D eigenvalue weighted by molar-refractivity contribution is 7.99. The van der Waals surface area contributed by atoms with E-state index in [-0.39, 0.29) is 30.3 Å². The van der Waals surface area contributed by atoms with E-state index in [0.717, 1.165) is 24.2 Å². The summed E-state index contributed by atoms with van der Waals surface area (Å²) in [7, 11) is 0. The van der Waals surface area contributed by atoms with Crippen LogP contribution >= 0.6 is 11.8 Å². The lowest BCUT2D eigenvalue weighted by molar-refractivity contribution is -0.156. The van der Waals surface area contributed by atoms with Gasteiger partial charge >= 0.3 is 11.9 Å². The first-order valence-electron chi connectivity index (χ1n) is 12.9. The zero-order valence-corrected chi connectivity index (χ0v) is 22.1. The Balaban J connectivity index is 1.35. The molecule has 3 atom stereocenters. The van der Waals surface area contributed by atoms with Crippen molar-refractivity contribution in [3.8, 4) is 5.75 Å². The summed E-state index contributed by atoms with van der Waals surface area (Å²) in [5.74, 6) is -3.28. The highest BCUT2D eigenvalue weighted by Gasteiger charge is 2.52. The molecule has 2 aromatic rings. The first-order valence-corrected chi connectivity index (χ1v) is 13.9. The quantitative estimate of drug-likeness (QED) is 0.279. The van der Waals surface area contributed by atoms with Crippen LogP contribution in [0, 0.1) is 17.2 Å². The minimum atomic E-state index is -1.64. The van der Waals surface area contributed by atoms with Crippen molar-refractivity contribution in [2.75, 3.05) is 23.8 Å². The molecule has 2 aliphatic rings. The zero-order chi connectivity index (χ0) is 28.0. The van der Waals surface area contributed by atoms with Gasteiger partial charge in [-0.3, -0.25) is 24.1 Å². The number of fused-ring (bicyclic) bond motifs is 1. The van der Waals surface area contributed by atoms with E-state index < -0.39 is 41.8 Å². The van der Waals surface area contributed by atoms with Crippen molar-refractivity contribution in [1.82, 2.24) is 5.32 Å². The Hall–Kier alpha value is -3.60. The number of carbonyl (C=O) groups excluding carboxylic acids is 2. The fraction of sp³-hybridized carbons (Fsp3) is 0.429. The lowest BCUT2D eigenvalue weighted by Gasteiger charge is -2.28. The van der Waals surface area contributed by atoms with Crippen LogP contribution in [0.15, 0.2) is 53.4 Å². The van der Waals surface area contributed by atoms with Crippen molar-refractivity contribution in [2.45, 2.75) is 49.5 Å². The Morgan fingerprint density at radius 2 is 1.85 bits per heavy atom. The summed E-state index contributed by atoms with van der Waals surface area (Å²) in [6, 6.07) is 11.6. The Labute approximate surface area is 229 Å². The van der Waals surface area contributed by atoms with E-state index in [1.807, 2.05) is 0 Å². The van der Waals surface area contributed by atoms with Crippen molar-refractivity contribution >= 4 is 41.2 Å². The minimum Gasteiger partial charge on any atom is -0.494 e. The summed E-state index contributed by atoms with van der Waals surface area (Å²) in [5.41, 5.74) is -1.19. The molecule has 1 heterocycles. The number of amides is 2. The zero-order valence-electron chi connectivity index (χ0n) is 21.3. The Bertz CT molecular complexity index is 1220. The number of nitrogens with zero attached hydrogens (tertiary/aromatic N) is 1. The average Bonchev–Trinajstić information content (AvgIpc) is 3.31. The number of carboxylic acids is 2. The maximum absolute atomic E-state index is 13.4. The molecule has 1 aliphatic heterocycles. The number of carboxylic acid groups (broad SMARTS) is 2. The Morgan fingerprint density at radius 3 is 2.56 bits per heavy atom. The number of halogens is 1. The molecule has 2 unspecified atom stereocenters. The van der Waals surface area contributed by atoms with Crippen LogP contribution < -0.4 is 15.0 Å². The van der Waals surface area contributed by atoms with Gasteiger partial charge in [0.15, 0.2) is 0 Å². The standard InChI is InChI=1S/C28H31FN2O7S/c29-19-8-10-20(11-9-19)38-14-4-3-5-18-12-13-28(15-18,27(36)37)26(35)30-21-17-39-23-7-2-1-6-22(23)31(25(21)34)16-24(32)33/h1-2,6-11,18,21H,3-5,12-17H2,(H,30,35)(H,32,33)(H,36,37)/t18?,21-,28?/m0/s1. The number of aliphatic carboxylic acids is 2. The maximum atomic E-state index is 13.4. The van der Waals surface area contributed by atoms with E-state index in [1.165, 1.54) is 23.9 Å². The third kappa shape index (κ3) is 6.70. The molecule has 1 fully saturated rings. The van der Waals surface area contributed by atoms with E-state index in [9.17, 15) is 33.8 Å². The van der Waals surface area contributed by atoms with Gasteiger partial charge in [0.2, 0.25) is 5.91 Å². The van der Waals surface area contributed by atoms with Gasteiger partial charge in [-0.1, -0.05) is 18.6 Å². The third-order valence-corrected chi connectivity index (χ3v) is 8.43. The molecule has 0 radical (unpaired) electrons. The lowest BCUT2D eigenvalue weighted by atomic mass is 9.83. The van der Waals surface area contributed by atoms with E-state index >= 15 is 0 Å². The topological polar surface area (TPSA) is 133 Å². The van der Waals surface area contributed by atoms with Gasteiger partial charge in [-0.25, -0.2) is 4.39 Å². The molecular weight excluding hydrogens is 527 g/mol. The minimum absolute atomic E-state index is 0.0321. The summed E-state index contributed by atoms with van der Waals surface area (Å²) in [4.78, 5) is 52.4. The summed E-state index contributed by atoms with van der Waals surface area (Å²) < 4.78 is 18.6. The van der Waals surface area contributed by atoms with Crippen molar-refractivity contribution in [3.05, 3.63) is 54.3 Å². The molecule has 208 valence electrons. The van der Waals surface area contributed by atoms with Gasteiger partial charge in [-0.2, -0.15) is 0 Å². The number of unbranched alkanes of at least 4 members (excludes halogenated alkanes) is 1. The third-order valence-electron chi connectivity index (χ3n) is 7.27. The van der Waals surface area contributed by atoms with Crippen LogP contribution in [0.25, 0.3) is 0 Å². The van der Waals surface area contributed by atoms with Gasteiger partial charge in [0, 0.05) is 10.6 Å². The van der Waals surface area contributed by atoms with Gasteiger partial charge in [0.05, 0.1) is 12.3 Å². The highest BCUT2D eigenvalue weighted by Crippen LogP contribution is 2.45. The molecule has 0 spiro atoms. The van der Waals surface area contributed by atoms with Crippen LogP contribution in [-0.2, 0) is 19.2 Å². The molecule has 3 N–H and O–H groups in total. The van der Waals surface area contributed by atoms with Gasteiger partial charge in [0.1, 0.15) is 29.6 Å². The molecule has 2 aromatic carbocycles. The monoisotopic (exact) mass is 558 g/mol. The molecule has 9 nitrogen and oxygen atoms in total. The van der Waals surface area contributed by atoms with E-state index in [2.05, 4.69) is 5.32 Å². The second-order valence-corrected chi connectivity index (χ2v) is 11.0. The summed E-state index contributed by atoms with van der Waals surface area (Å²) in [6.45, 7) is -0.126. The highest BCUT2D eigenvalue weighted by atomic mass is 32.2. The van der Waals surface area contributed by atoms with Crippen LogP contribution in [0.5, 0.6) is 5.75 Å². The van der Waals surface area contributed by atoms with E-state index in [0.29, 0.717) is 29.4 Å². The van der Waals surface area contributed by atoms with Crippen LogP contribution in [0.3, 0.4) is 0 Å². The molecule has 2 amide bonds. The second kappa shape index (κ2) is 12.5. The van der Waals surface area contributed by atoms with Crippen molar-refractivity contribution in [1.29, 1.82) is 0 Å². The lowest BCUT2D eigenvalue weighted by Crippen LogP contribution is -2.55. The number of para-hydroxylation sites is 1. The number of nitrogens with one attached hydrogen (secondary N) is 1. The summed E-state index contributed by atoms with van der Waals surface area (Å²) in [6.07, 6.45) is 3.15. The number of rotatable bonds is 11. The SMILES string of the molecule is O=C(O)CN1C(=O)[C@@H](NC(=O)C2(C(=O)O)CCC(CCCCOc3ccc(F)cc3)C2)CSc2ccccc21. The number of hydrogen-bond donors (Lipinski definition) is 3. The maximum Gasteiger partial charge on any atom is 0.323 e. The fourth-order valence-corrected chi connectivity index (χ4v) is 6.27. The number of thioether (sulfide) groups is 1. The number of ether oxygens (including phenoxy) is 1. The van der Waals surface area contributed by atoms with E-state index in [1.54, 1.807) is 36.4 Å². The van der Waals surface area contributed by atoms with Crippen LogP contribution in [0.2, 0.25) is 0 Å². The van der Waals surface area contributed by atoms with Crippen molar-refractivity contribution in [2.24, 2.45) is 11.3 Å². The molecule has 1 saturated carbocycles. The van der Waals surface area contributed by atoms with Gasteiger partial charge < -0.3 is 20.3 Å². The summed E-state index contributed by atoms with van der Waals surface area (Å²) in [5, 5.41) is 22.1. The number of benzene rings is 2. The molecule has 0 saturated heterocycles. The number of anilines is 1. The smallest absolute Gasteiger partial charge is 0.323 e. The predicted octanol–water partition coefficient (Wildman–Crippen LogP) is 3.95. The molecule has 39 heavy (non-hydrogen) atoms. The van der Waals surface area contributed by atoms with Crippen molar-refractivity contribution in [3.63, 3.8) is 0 Å². The van der Waals surface area contributed by atoms with Crippen molar-refractivity contribution < 1.29 is 38.5 Å². The normalized spacial score (nSPS) is 22.6. The van der Waals surface area contributed by atoms with Gasteiger partial charge in [-0.15, -0.1) is 11.8 Å². The van der Waals surface area contributed by atoms with E-state index in [4.69, 9.17) is 4.74 Å². The number of hydrogen-bond acceptors (Lipinski definition) is 6. The molecular formula is C28H31FN2O7S. The van der Waals surface area contributed by atoms with Gasteiger partial charge in [0.25, 0.3) is 5.91 Å². The van der Waals surface area contributed by atoms with Gasteiger partial charge in [-0.05, 0) is 74.4 Å². The molecule has 0 bridgehead atoms. The van der Waals surface area contributed by atoms with Crippen LogP contribution in [0.1, 0.15) is 38.5 Å². The first kappa shape index (κ1) is 28.4. The first-order chi connectivity index (χ1) is 18.7. The van der Waals surface area contributed by atoms with Crippen LogP contribution in [0.4, 0.5) is 10.1 Å². The second-order valence-electron chi connectivity index (χ2n) is 9.92. The molecule has 0 aromatic heterocycles. The largest absolute Gasteiger partial charge is 0.494 e. The molecule has 11 heteroatoms. The number of carbonyl (C=O) groups is 4. The molecule has 4 rings (SSSR count). The predicted molar refractivity (Wildman–Crippen MR) is 142 cm³/mol. The summed E-state index contributed by atoms with van der Waals surface area (Å²) >= 11 is 1.31. The fourth-order valence-electron chi connectivity index (χ4n) is 5.20. The Morgan fingerprint density at radius 1 is 1.10 bits per heavy atom. The van der Waals surface area contributed by atoms with Crippen LogP contribution in [-0.4, -0.2) is 58.9 Å². The molecule has 1 aliphatic carbocycles. The average molecular weight is 559 g/mol.